The topological polar surface area (TPSA) is 40.5 Å². The predicted molar refractivity (Wildman–Crippen MR) is 108 cm³/mol. The average Bonchev–Trinajstić information content (AvgIpc) is 2.69. The summed E-state index contributed by atoms with van der Waals surface area (Å²) in [4.78, 5) is 15.5. The van der Waals surface area contributed by atoms with Crippen LogP contribution in [-0.4, -0.2) is 35.4 Å². The van der Waals surface area contributed by atoms with E-state index in [1.165, 1.54) is 19.3 Å². The van der Waals surface area contributed by atoms with Crippen molar-refractivity contribution in [3.05, 3.63) is 71.8 Å². The summed E-state index contributed by atoms with van der Waals surface area (Å²) < 4.78 is 0. The molecule has 0 spiro atoms. The van der Waals surface area contributed by atoms with Crippen molar-refractivity contribution in [2.24, 2.45) is 0 Å². The normalized spacial score (nSPS) is 15.3. The number of hydrogen-bond donors (Lipinski definition) is 1. The molecule has 0 saturated carbocycles. The number of likely N-dealkylation sites (tertiary alicyclic amines) is 1. The summed E-state index contributed by atoms with van der Waals surface area (Å²) in [5, 5.41) is 11.4. The third-order valence-corrected chi connectivity index (χ3v) is 5.11. The van der Waals surface area contributed by atoms with Crippen LogP contribution in [0.2, 0.25) is 0 Å². The lowest BCUT2D eigenvalue weighted by Crippen LogP contribution is -2.38. The lowest BCUT2D eigenvalue weighted by atomic mass is 9.81. The molecule has 0 radical (unpaired) electrons. The second-order valence-electron chi connectivity index (χ2n) is 6.87. The summed E-state index contributed by atoms with van der Waals surface area (Å²) in [6.07, 6.45) is 5.01. The van der Waals surface area contributed by atoms with E-state index in [1.54, 1.807) is 0 Å². The highest BCUT2D eigenvalue weighted by Gasteiger charge is 2.38. The van der Waals surface area contributed by atoms with Crippen LogP contribution in [0.25, 0.3) is 0 Å². The summed E-state index contributed by atoms with van der Waals surface area (Å²) in [7, 11) is 0. The molecule has 2 aromatic rings. The fourth-order valence-corrected chi connectivity index (χ4v) is 3.67. The van der Waals surface area contributed by atoms with Gasteiger partial charge in [0.15, 0.2) is 11.4 Å². The van der Waals surface area contributed by atoms with Crippen molar-refractivity contribution < 1.29 is 9.90 Å². The van der Waals surface area contributed by atoms with Gasteiger partial charge in [0.2, 0.25) is 0 Å². The van der Waals surface area contributed by atoms with Crippen LogP contribution in [0.3, 0.4) is 0 Å². The van der Waals surface area contributed by atoms with Gasteiger partial charge in [-0.1, -0.05) is 67.1 Å². The molecule has 1 heterocycles. The van der Waals surface area contributed by atoms with Crippen molar-refractivity contribution in [1.82, 2.24) is 4.90 Å². The maximum atomic E-state index is 13.0. The van der Waals surface area contributed by atoms with Gasteiger partial charge < -0.3 is 10.0 Å². The van der Waals surface area contributed by atoms with Gasteiger partial charge in [0.25, 0.3) is 0 Å². The van der Waals surface area contributed by atoms with Crippen molar-refractivity contribution in [3.63, 3.8) is 0 Å². The first kappa shape index (κ1) is 20.6. The van der Waals surface area contributed by atoms with Crippen LogP contribution < -0.4 is 0 Å². The molecule has 3 rings (SSSR count). The Morgan fingerprint density at radius 3 is 1.88 bits per heavy atom. The Labute approximate surface area is 162 Å². The number of Topliss-reactive ketones (excluding diaryl/α,β-unsaturated/α-hetero) is 1. The lowest BCUT2D eigenvalue weighted by Gasteiger charge is -2.29. The summed E-state index contributed by atoms with van der Waals surface area (Å²) in [5.41, 5.74) is -0.280. The van der Waals surface area contributed by atoms with Gasteiger partial charge in [0, 0.05) is 6.42 Å². The highest BCUT2D eigenvalue weighted by Crippen LogP contribution is 2.32. The number of piperidine rings is 1. The van der Waals surface area contributed by atoms with Gasteiger partial charge in [0.1, 0.15) is 0 Å². The monoisotopic (exact) mass is 373 g/mol. The van der Waals surface area contributed by atoms with Crippen LogP contribution in [0.5, 0.6) is 0 Å². The Morgan fingerprint density at radius 2 is 1.38 bits per heavy atom. The number of carbonyl (C=O) groups excluding carboxylic acids is 1. The average molecular weight is 374 g/mol. The Bertz CT molecular complexity index is 630. The van der Waals surface area contributed by atoms with E-state index in [1.807, 2.05) is 60.7 Å². The van der Waals surface area contributed by atoms with Gasteiger partial charge in [-0.3, -0.25) is 4.79 Å². The summed E-state index contributed by atoms with van der Waals surface area (Å²) in [6, 6.07) is 18.6. The third kappa shape index (κ3) is 4.73. The largest absolute Gasteiger partial charge is 0.373 e. The minimum atomic E-state index is -1.57. The second-order valence-corrected chi connectivity index (χ2v) is 6.87. The Balaban J connectivity index is 0.00000243. The van der Waals surface area contributed by atoms with Crippen LogP contribution in [0.1, 0.15) is 43.2 Å². The molecule has 1 aliphatic heterocycles. The van der Waals surface area contributed by atoms with Gasteiger partial charge in [-0.05, 0) is 50.0 Å². The van der Waals surface area contributed by atoms with Crippen molar-refractivity contribution >= 4 is 18.2 Å². The van der Waals surface area contributed by atoms with E-state index in [-0.39, 0.29) is 18.2 Å². The minimum absolute atomic E-state index is 0. The van der Waals surface area contributed by atoms with Crippen molar-refractivity contribution in [2.45, 2.75) is 37.7 Å². The quantitative estimate of drug-likeness (QED) is 0.791. The number of ketones is 1. The SMILES string of the molecule is Cl.O=C(CCCN1CCCCC1)C(O)(c1ccccc1)c1ccccc1. The van der Waals surface area contributed by atoms with Crippen molar-refractivity contribution in [2.75, 3.05) is 19.6 Å². The number of halogens is 1. The molecule has 0 aliphatic carbocycles. The van der Waals surface area contributed by atoms with E-state index < -0.39 is 5.60 Å². The van der Waals surface area contributed by atoms with E-state index in [4.69, 9.17) is 0 Å². The van der Waals surface area contributed by atoms with Gasteiger partial charge >= 0.3 is 0 Å². The first-order chi connectivity index (χ1) is 12.2. The van der Waals surface area contributed by atoms with Crippen LogP contribution in [0.4, 0.5) is 0 Å². The molecule has 0 bridgehead atoms. The zero-order valence-electron chi connectivity index (χ0n) is 15.1. The first-order valence-corrected chi connectivity index (χ1v) is 9.30. The fraction of sp³-hybridized carbons (Fsp3) is 0.409. The Morgan fingerprint density at radius 1 is 0.885 bits per heavy atom. The van der Waals surface area contributed by atoms with Crippen molar-refractivity contribution in [3.8, 4) is 0 Å². The standard InChI is InChI=1S/C22H27NO2.ClH/c24-21(15-10-18-23-16-8-3-9-17-23)22(25,19-11-4-1-5-12-19)20-13-6-2-7-14-20;/h1-2,4-7,11-14,25H,3,8-10,15-18H2;1H. The van der Waals surface area contributed by atoms with E-state index in [2.05, 4.69) is 4.90 Å². The van der Waals surface area contributed by atoms with Crippen molar-refractivity contribution in [1.29, 1.82) is 0 Å². The molecule has 3 nitrogen and oxygen atoms in total. The van der Waals surface area contributed by atoms with E-state index >= 15 is 0 Å². The number of aliphatic hydroxyl groups is 1. The molecule has 0 atom stereocenters. The molecular weight excluding hydrogens is 346 g/mol. The molecule has 1 saturated heterocycles. The molecule has 26 heavy (non-hydrogen) atoms. The maximum Gasteiger partial charge on any atom is 0.173 e. The molecule has 0 unspecified atom stereocenters. The van der Waals surface area contributed by atoms with Gasteiger partial charge in [-0.2, -0.15) is 0 Å². The smallest absolute Gasteiger partial charge is 0.173 e. The zero-order valence-corrected chi connectivity index (χ0v) is 16.0. The molecule has 0 amide bonds. The van der Waals surface area contributed by atoms with E-state index in [9.17, 15) is 9.90 Å². The predicted octanol–water partition coefficient (Wildman–Crippen LogP) is 4.18. The summed E-state index contributed by atoms with van der Waals surface area (Å²) >= 11 is 0. The molecule has 1 N–H and O–H groups in total. The highest BCUT2D eigenvalue weighted by atomic mass is 35.5. The maximum absolute atomic E-state index is 13.0. The second kappa shape index (κ2) is 9.86. The first-order valence-electron chi connectivity index (χ1n) is 9.30. The summed E-state index contributed by atoms with van der Waals surface area (Å²) in [6.45, 7) is 3.21. The van der Waals surface area contributed by atoms with Gasteiger partial charge in [-0.25, -0.2) is 0 Å². The molecule has 4 heteroatoms. The van der Waals surface area contributed by atoms with Gasteiger partial charge in [0.05, 0.1) is 0 Å². The fourth-order valence-electron chi connectivity index (χ4n) is 3.67. The van der Waals surface area contributed by atoms with E-state index in [0.717, 1.165) is 26.1 Å². The lowest BCUT2D eigenvalue weighted by molar-refractivity contribution is -0.134. The Hall–Kier alpha value is -1.68. The number of hydrogen-bond acceptors (Lipinski definition) is 3. The Kier molecular flexibility index (Phi) is 7.83. The number of benzene rings is 2. The van der Waals surface area contributed by atoms with Crippen LogP contribution >= 0.6 is 12.4 Å². The molecule has 2 aromatic carbocycles. The molecule has 1 fully saturated rings. The highest BCUT2D eigenvalue weighted by molar-refractivity contribution is 5.91. The van der Waals surface area contributed by atoms with Crippen LogP contribution in [0, 0.1) is 0 Å². The molecule has 1 aliphatic rings. The molecule has 0 aromatic heterocycles. The third-order valence-electron chi connectivity index (χ3n) is 5.11. The van der Waals surface area contributed by atoms with Crippen LogP contribution in [-0.2, 0) is 10.4 Å². The number of rotatable bonds is 7. The zero-order chi connectivity index (χ0) is 17.5. The van der Waals surface area contributed by atoms with Gasteiger partial charge in [-0.15, -0.1) is 12.4 Å². The van der Waals surface area contributed by atoms with E-state index in [0.29, 0.717) is 17.5 Å². The van der Waals surface area contributed by atoms with Crippen LogP contribution in [0.15, 0.2) is 60.7 Å². The molecule has 140 valence electrons. The minimum Gasteiger partial charge on any atom is -0.373 e. The number of nitrogens with zero attached hydrogens (tertiary/aromatic N) is 1. The summed E-state index contributed by atoms with van der Waals surface area (Å²) in [5.74, 6) is -0.123. The molecular formula is C22H28ClNO2. The number of carbonyl (C=O) groups is 1.